The van der Waals surface area contributed by atoms with Gasteiger partial charge in [-0.25, -0.2) is 4.79 Å². The van der Waals surface area contributed by atoms with Crippen molar-refractivity contribution in [2.45, 2.75) is 25.3 Å². The molecular formula is C14H15N3O4. The van der Waals surface area contributed by atoms with E-state index in [9.17, 15) is 14.4 Å². The van der Waals surface area contributed by atoms with Crippen molar-refractivity contribution < 1.29 is 19.5 Å². The number of carboxylic acids is 1. The molecule has 4 N–H and O–H groups in total. The molecule has 2 amide bonds. The first-order valence-electron chi connectivity index (χ1n) is 6.22. The van der Waals surface area contributed by atoms with Gasteiger partial charge in [-0.1, -0.05) is 18.2 Å². The van der Waals surface area contributed by atoms with Crippen LogP contribution in [0.2, 0.25) is 0 Å². The van der Waals surface area contributed by atoms with Gasteiger partial charge in [0.1, 0.15) is 6.04 Å². The second-order valence-corrected chi connectivity index (χ2v) is 4.36. The van der Waals surface area contributed by atoms with Crippen molar-refractivity contribution in [3.8, 4) is 6.07 Å². The van der Waals surface area contributed by atoms with E-state index in [1.54, 1.807) is 18.2 Å². The summed E-state index contributed by atoms with van der Waals surface area (Å²) in [5.41, 5.74) is 5.72. The largest absolute Gasteiger partial charge is 0.480 e. The van der Waals surface area contributed by atoms with E-state index in [1.807, 2.05) is 6.07 Å². The molecule has 1 aromatic carbocycles. The van der Waals surface area contributed by atoms with Crippen LogP contribution in [0.5, 0.6) is 0 Å². The van der Waals surface area contributed by atoms with E-state index >= 15 is 0 Å². The summed E-state index contributed by atoms with van der Waals surface area (Å²) in [5.74, 6) is -2.49. The van der Waals surface area contributed by atoms with Gasteiger partial charge in [0.15, 0.2) is 0 Å². The molecule has 0 aliphatic heterocycles. The maximum Gasteiger partial charge on any atom is 0.326 e. The number of aliphatic carboxylic acids is 1. The fraction of sp³-hybridized carbons (Fsp3) is 0.286. The van der Waals surface area contributed by atoms with Crippen LogP contribution in [0.15, 0.2) is 24.3 Å². The number of carboxylic acid groups (broad SMARTS) is 1. The molecule has 21 heavy (non-hydrogen) atoms. The molecule has 1 atom stereocenters. The minimum absolute atomic E-state index is 0.0443. The van der Waals surface area contributed by atoms with Gasteiger partial charge in [0, 0.05) is 12.0 Å². The number of nitriles is 1. The summed E-state index contributed by atoms with van der Waals surface area (Å²) >= 11 is 0. The number of primary amides is 1. The summed E-state index contributed by atoms with van der Waals surface area (Å²) in [7, 11) is 0. The first-order chi connectivity index (χ1) is 9.95. The molecule has 1 aromatic rings. The van der Waals surface area contributed by atoms with Gasteiger partial charge in [0.05, 0.1) is 12.5 Å². The lowest BCUT2D eigenvalue weighted by atomic mass is 10.0. The van der Waals surface area contributed by atoms with Crippen molar-refractivity contribution in [1.29, 1.82) is 5.26 Å². The van der Waals surface area contributed by atoms with E-state index in [4.69, 9.17) is 16.1 Å². The van der Waals surface area contributed by atoms with E-state index in [0.717, 1.165) is 0 Å². The van der Waals surface area contributed by atoms with E-state index in [2.05, 4.69) is 5.32 Å². The van der Waals surface area contributed by atoms with Crippen molar-refractivity contribution >= 4 is 17.8 Å². The normalized spacial score (nSPS) is 11.2. The Bertz CT molecular complexity index is 592. The fourth-order valence-corrected chi connectivity index (χ4v) is 1.76. The van der Waals surface area contributed by atoms with Crippen molar-refractivity contribution in [3.63, 3.8) is 0 Å². The molecule has 110 valence electrons. The molecule has 0 radical (unpaired) electrons. The van der Waals surface area contributed by atoms with Gasteiger partial charge in [0.2, 0.25) is 5.91 Å². The Morgan fingerprint density at radius 1 is 1.33 bits per heavy atom. The maximum atomic E-state index is 12.1. The number of carbonyl (C=O) groups is 3. The highest BCUT2D eigenvalue weighted by Gasteiger charge is 2.22. The molecule has 1 rings (SSSR count). The molecule has 0 saturated carbocycles. The zero-order valence-electron chi connectivity index (χ0n) is 11.2. The lowest BCUT2D eigenvalue weighted by Gasteiger charge is -2.15. The molecule has 0 aliphatic rings. The van der Waals surface area contributed by atoms with E-state index in [-0.39, 0.29) is 24.8 Å². The minimum atomic E-state index is -1.25. The Hall–Kier alpha value is -2.88. The molecule has 0 aliphatic carbocycles. The van der Waals surface area contributed by atoms with Crippen molar-refractivity contribution in [3.05, 3.63) is 35.4 Å². The van der Waals surface area contributed by atoms with Gasteiger partial charge in [-0.15, -0.1) is 0 Å². The summed E-state index contributed by atoms with van der Waals surface area (Å²) in [4.78, 5) is 33.9. The van der Waals surface area contributed by atoms with Crippen LogP contribution in [0.3, 0.4) is 0 Å². The van der Waals surface area contributed by atoms with Gasteiger partial charge in [-0.05, 0) is 18.1 Å². The van der Waals surface area contributed by atoms with Crippen LogP contribution in [0.25, 0.3) is 0 Å². The Kier molecular flexibility index (Phi) is 5.89. The highest BCUT2D eigenvalue weighted by Crippen LogP contribution is 2.10. The number of carbonyl (C=O) groups excluding carboxylic acids is 2. The Balaban J connectivity index is 2.85. The van der Waals surface area contributed by atoms with Crippen LogP contribution in [0, 0.1) is 11.3 Å². The van der Waals surface area contributed by atoms with Gasteiger partial charge in [-0.3, -0.25) is 9.59 Å². The molecule has 7 nitrogen and oxygen atoms in total. The molecule has 0 spiro atoms. The van der Waals surface area contributed by atoms with Crippen LogP contribution in [-0.4, -0.2) is 28.9 Å². The molecular weight excluding hydrogens is 274 g/mol. The van der Waals surface area contributed by atoms with Gasteiger partial charge < -0.3 is 16.2 Å². The van der Waals surface area contributed by atoms with Crippen LogP contribution in [0.1, 0.15) is 28.8 Å². The quantitative estimate of drug-likeness (QED) is 0.659. The Morgan fingerprint density at radius 2 is 2.00 bits per heavy atom. The predicted octanol–water partition coefficient (Wildman–Crippen LogP) is 0.201. The minimum Gasteiger partial charge on any atom is -0.480 e. The fourth-order valence-electron chi connectivity index (χ4n) is 1.76. The summed E-state index contributed by atoms with van der Waals surface area (Å²) < 4.78 is 0. The topological polar surface area (TPSA) is 133 Å². The van der Waals surface area contributed by atoms with Crippen LogP contribution < -0.4 is 11.1 Å². The predicted molar refractivity (Wildman–Crippen MR) is 73.1 cm³/mol. The average molecular weight is 289 g/mol. The standard InChI is InChI=1S/C14H15N3O4/c15-8-7-9-3-1-2-4-10(9)13(19)17-11(14(20)21)5-6-12(16)18/h1-4,11H,5-7H2,(H2,16,18)(H,17,19)(H,20,21). The van der Waals surface area contributed by atoms with Crippen LogP contribution >= 0.6 is 0 Å². The number of hydrogen-bond donors (Lipinski definition) is 3. The summed E-state index contributed by atoms with van der Waals surface area (Å²) in [6.07, 6.45) is -0.184. The van der Waals surface area contributed by atoms with Crippen molar-refractivity contribution in [1.82, 2.24) is 5.32 Å². The van der Waals surface area contributed by atoms with Gasteiger partial charge in [-0.2, -0.15) is 5.26 Å². The lowest BCUT2D eigenvalue weighted by Crippen LogP contribution is -2.41. The van der Waals surface area contributed by atoms with Crippen LogP contribution in [0.4, 0.5) is 0 Å². The summed E-state index contributed by atoms with van der Waals surface area (Å²) in [5, 5.41) is 20.1. The maximum absolute atomic E-state index is 12.1. The third-order valence-electron chi connectivity index (χ3n) is 2.81. The SMILES string of the molecule is N#CCc1ccccc1C(=O)NC(CCC(N)=O)C(=O)O. The Labute approximate surface area is 121 Å². The van der Waals surface area contributed by atoms with Crippen molar-refractivity contribution in [2.24, 2.45) is 5.73 Å². The van der Waals surface area contributed by atoms with E-state index in [0.29, 0.717) is 5.56 Å². The first-order valence-corrected chi connectivity index (χ1v) is 6.22. The average Bonchev–Trinajstić information content (AvgIpc) is 2.43. The van der Waals surface area contributed by atoms with Gasteiger partial charge >= 0.3 is 5.97 Å². The number of rotatable bonds is 7. The number of amides is 2. The molecule has 0 saturated heterocycles. The third kappa shape index (κ3) is 4.95. The molecule has 0 heterocycles. The van der Waals surface area contributed by atoms with Crippen LogP contribution in [-0.2, 0) is 16.0 Å². The second kappa shape index (κ2) is 7.65. The summed E-state index contributed by atoms with van der Waals surface area (Å²) in [6.45, 7) is 0. The molecule has 1 unspecified atom stereocenters. The molecule has 0 aromatic heterocycles. The number of nitrogens with one attached hydrogen (secondary N) is 1. The number of nitrogens with zero attached hydrogens (tertiary/aromatic N) is 1. The molecule has 0 fully saturated rings. The zero-order chi connectivity index (χ0) is 15.8. The monoisotopic (exact) mass is 289 g/mol. The Morgan fingerprint density at radius 3 is 2.57 bits per heavy atom. The van der Waals surface area contributed by atoms with E-state index in [1.165, 1.54) is 6.07 Å². The number of nitrogens with two attached hydrogens (primary N) is 1. The molecule has 7 heteroatoms. The number of benzene rings is 1. The number of hydrogen-bond acceptors (Lipinski definition) is 4. The molecule has 0 bridgehead atoms. The third-order valence-corrected chi connectivity index (χ3v) is 2.81. The first kappa shape index (κ1) is 16.2. The second-order valence-electron chi connectivity index (χ2n) is 4.36. The zero-order valence-corrected chi connectivity index (χ0v) is 11.2. The highest BCUT2D eigenvalue weighted by atomic mass is 16.4. The van der Waals surface area contributed by atoms with Crippen molar-refractivity contribution in [2.75, 3.05) is 0 Å². The summed E-state index contributed by atoms with van der Waals surface area (Å²) in [6, 6.07) is 7.17. The smallest absolute Gasteiger partial charge is 0.326 e. The van der Waals surface area contributed by atoms with Gasteiger partial charge in [0.25, 0.3) is 5.91 Å². The van der Waals surface area contributed by atoms with E-state index < -0.39 is 23.8 Å². The lowest BCUT2D eigenvalue weighted by molar-refractivity contribution is -0.139. The highest BCUT2D eigenvalue weighted by molar-refractivity contribution is 5.98.